The Labute approximate surface area is 89.0 Å². The number of carbonyl (C=O) groups is 1. The molecule has 1 atom stereocenters. The quantitative estimate of drug-likeness (QED) is 0.711. The fourth-order valence-corrected chi connectivity index (χ4v) is 2.07. The number of aryl methyl sites for hydroxylation is 1. The topological polar surface area (TPSA) is 35.5 Å². The Morgan fingerprint density at radius 1 is 1.47 bits per heavy atom. The summed E-state index contributed by atoms with van der Waals surface area (Å²) < 4.78 is 10.2. The smallest absolute Gasteiger partial charge is 0.293 e. The second-order valence-corrected chi connectivity index (χ2v) is 3.68. The third kappa shape index (κ3) is 1.96. The van der Waals surface area contributed by atoms with Crippen molar-refractivity contribution in [3.8, 4) is 5.75 Å². The highest BCUT2D eigenvalue weighted by atomic mass is 16.5. The monoisotopic (exact) mass is 206 g/mol. The molecule has 0 aliphatic heterocycles. The van der Waals surface area contributed by atoms with Crippen LogP contribution in [-0.4, -0.2) is 13.6 Å². The molecule has 2 rings (SSSR count). The van der Waals surface area contributed by atoms with Gasteiger partial charge in [0, 0.05) is 0 Å². The average Bonchev–Trinajstić information content (AvgIpc) is 2.29. The third-order valence-electron chi connectivity index (χ3n) is 2.83. The van der Waals surface area contributed by atoms with Crippen molar-refractivity contribution in [1.29, 1.82) is 0 Å². The second-order valence-electron chi connectivity index (χ2n) is 3.68. The maximum absolute atomic E-state index is 10.4. The first-order chi connectivity index (χ1) is 7.35. The minimum Gasteiger partial charge on any atom is -0.497 e. The van der Waals surface area contributed by atoms with E-state index >= 15 is 0 Å². The van der Waals surface area contributed by atoms with Gasteiger partial charge in [-0.3, -0.25) is 4.79 Å². The van der Waals surface area contributed by atoms with Gasteiger partial charge in [0.1, 0.15) is 11.9 Å². The van der Waals surface area contributed by atoms with Crippen molar-refractivity contribution in [2.24, 2.45) is 0 Å². The molecule has 0 saturated heterocycles. The molecule has 1 aromatic carbocycles. The van der Waals surface area contributed by atoms with Crippen LogP contribution >= 0.6 is 0 Å². The van der Waals surface area contributed by atoms with Gasteiger partial charge in [-0.2, -0.15) is 0 Å². The Hall–Kier alpha value is -1.51. The van der Waals surface area contributed by atoms with E-state index in [1.54, 1.807) is 7.11 Å². The lowest BCUT2D eigenvalue weighted by Crippen LogP contribution is -2.12. The maximum Gasteiger partial charge on any atom is 0.293 e. The summed E-state index contributed by atoms with van der Waals surface area (Å²) in [7, 11) is 1.64. The lowest BCUT2D eigenvalue weighted by molar-refractivity contribution is -0.134. The molecule has 0 amide bonds. The van der Waals surface area contributed by atoms with Crippen LogP contribution in [0.3, 0.4) is 0 Å². The molecule has 0 radical (unpaired) electrons. The van der Waals surface area contributed by atoms with Gasteiger partial charge < -0.3 is 9.47 Å². The summed E-state index contributed by atoms with van der Waals surface area (Å²) in [5.74, 6) is 0.815. The number of ether oxygens (including phenoxy) is 2. The molecule has 1 unspecified atom stereocenters. The van der Waals surface area contributed by atoms with Crippen molar-refractivity contribution >= 4 is 6.47 Å². The second kappa shape index (κ2) is 4.34. The molecule has 15 heavy (non-hydrogen) atoms. The number of hydrogen-bond donors (Lipinski definition) is 0. The summed E-state index contributed by atoms with van der Waals surface area (Å²) in [6.45, 7) is 0.527. The van der Waals surface area contributed by atoms with Gasteiger partial charge in [0.2, 0.25) is 0 Å². The van der Waals surface area contributed by atoms with E-state index < -0.39 is 0 Å². The average molecular weight is 206 g/mol. The van der Waals surface area contributed by atoms with Crippen LogP contribution in [0.5, 0.6) is 5.75 Å². The lowest BCUT2D eigenvalue weighted by atomic mass is 9.89. The van der Waals surface area contributed by atoms with E-state index in [-0.39, 0.29) is 6.10 Å². The van der Waals surface area contributed by atoms with E-state index in [2.05, 4.69) is 6.07 Å². The number of fused-ring (bicyclic) bond motifs is 1. The summed E-state index contributed by atoms with van der Waals surface area (Å²) in [6, 6.07) is 5.96. The zero-order chi connectivity index (χ0) is 10.7. The van der Waals surface area contributed by atoms with E-state index in [0.29, 0.717) is 6.47 Å². The largest absolute Gasteiger partial charge is 0.497 e. The Balaban J connectivity index is 2.34. The van der Waals surface area contributed by atoms with Crippen LogP contribution < -0.4 is 4.74 Å². The molecule has 0 N–H and O–H groups in total. The maximum atomic E-state index is 10.4. The summed E-state index contributed by atoms with van der Waals surface area (Å²) in [5, 5.41) is 0. The van der Waals surface area contributed by atoms with Crippen molar-refractivity contribution in [3.05, 3.63) is 29.3 Å². The molecular weight excluding hydrogens is 192 g/mol. The molecule has 1 aliphatic carbocycles. The molecule has 0 saturated carbocycles. The molecule has 0 aromatic heterocycles. The van der Waals surface area contributed by atoms with Gasteiger partial charge in [-0.05, 0) is 42.5 Å². The van der Waals surface area contributed by atoms with Crippen LogP contribution in [0.15, 0.2) is 18.2 Å². The first-order valence-corrected chi connectivity index (χ1v) is 5.11. The van der Waals surface area contributed by atoms with Crippen molar-refractivity contribution in [3.63, 3.8) is 0 Å². The molecule has 0 fully saturated rings. The van der Waals surface area contributed by atoms with Crippen LogP contribution in [0.4, 0.5) is 0 Å². The fraction of sp³-hybridized carbons (Fsp3) is 0.417. The first-order valence-electron chi connectivity index (χ1n) is 5.11. The number of rotatable bonds is 3. The number of hydrogen-bond acceptors (Lipinski definition) is 3. The Bertz CT molecular complexity index is 360. The highest BCUT2D eigenvalue weighted by Crippen LogP contribution is 2.34. The Kier molecular flexibility index (Phi) is 2.90. The van der Waals surface area contributed by atoms with Gasteiger partial charge in [0.05, 0.1) is 7.11 Å². The van der Waals surface area contributed by atoms with Gasteiger partial charge in [-0.1, -0.05) is 6.07 Å². The summed E-state index contributed by atoms with van der Waals surface area (Å²) in [6.07, 6.45) is 2.93. The van der Waals surface area contributed by atoms with E-state index in [0.717, 1.165) is 30.6 Å². The molecule has 80 valence electrons. The van der Waals surface area contributed by atoms with Gasteiger partial charge in [-0.25, -0.2) is 0 Å². The summed E-state index contributed by atoms with van der Waals surface area (Å²) in [5.41, 5.74) is 2.35. The van der Waals surface area contributed by atoms with Crippen molar-refractivity contribution in [1.82, 2.24) is 0 Å². The molecule has 1 aromatic rings. The molecule has 3 nitrogen and oxygen atoms in total. The molecule has 3 heteroatoms. The normalized spacial score (nSPS) is 19.1. The predicted octanol–water partition coefficient (Wildman–Crippen LogP) is 2.25. The van der Waals surface area contributed by atoms with E-state index in [4.69, 9.17) is 9.47 Å². The van der Waals surface area contributed by atoms with Gasteiger partial charge in [0.25, 0.3) is 6.47 Å². The zero-order valence-corrected chi connectivity index (χ0v) is 8.73. The van der Waals surface area contributed by atoms with Crippen LogP contribution in [0.25, 0.3) is 0 Å². The van der Waals surface area contributed by atoms with Crippen LogP contribution in [0.2, 0.25) is 0 Å². The number of benzene rings is 1. The zero-order valence-electron chi connectivity index (χ0n) is 8.73. The lowest BCUT2D eigenvalue weighted by Gasteiger charge is -2.24. The van der Waals surface area contributed by atoms with Crippen molar-refractivity contribution in [2.75, 3.05) is 7.11 Å². The molecule has 0 heterocycles. The van der Waals surface area contributed by atoms with Gasteiger partial charge in [0.15, 0.2) is 0 Å². The van der Waals surface area contributed by atoms with Crippen LogP contribution in [0, 0.1) is 0 Å². The standard InChI is InChI=1S/C12H14O3/c1-14-10-6-5-9-3-2-4-12(15-8-13)11(9)7-10/h5-8,12H,2-4H2,1H3. The fourth-order valence-electron chi connectivity index (χ4n) is 2.07. The highest BCUT2D eigenvalue weighted by Gasteiger charge is 2.21. The third-order valence-corrected chi connectivity index (χ3v) is 2.83. The Morgan fingerprint density at radius 3 is 3.07 bits per heavy atom. The van der Waals surface area contributed by atoms with Crippen molar-refractivity contribution in [2.45, 2.75) is 25.4 Å². The molecule has 1 aliphatic rings. The van der Waals surface area contributed by atoms with Crippen molar-refractivity contribution < 1.29 is 14.3 Å². The van der Waals surface area contributed by atoms with Crippen LogP contribution in [-0.2, 0) is 16.0 Å². The highest BCUT2D eigenvalue weighted by molar-refractivity contribution is 5.43. The van der Waals surface area contributed by atoms with E-state index in [1.807, 2.05) is 12.1 Å². The molecule has 0 spiro atoms. The summed E-state index contributed by atoms with van der Waals surface area (Å²) >= 11 is 0. The van der Waals surface area contributed by atoms with E-state index in [1.165, 1.54) is 5.56 Å². The van der Waals surface area contributed by atoms with Gasteiger partial charge in [-0.15, -0.1) is 0 Å². The predicted molar refractivity (Wildman–Crippen MR) is 55.8 cm³/mol. The minimum absolute atomic E-state index is 0.0960. The molecule has 0 bridgehead atoms. The summed E-state index contributed by atoms with van der Waals surface area (Å²) in [4.78, 5) is 10.4. The first kappa shape index (κ1) is 10.0. The molecular formula is C12H14O3. The van der Waals surface area contributed by atoms with Crippen LogP contribution in [0.1, 0.15) is 30.1 Å². The van der Waals surface area contributed by atoms with Gasteiger partial charge >= 0.3 is 0 Å². The SMILES string of the molecule is COc1ccc2c(c1)C(OC=O)CCC2. The number of carbonyl (C=O) groups excluding carboxylic acids is 1. The number of methoxy groups -OCH3 is 1. The minimum atomic E-state index is -0.0960. The Morgan fingerprint density at radius 2 is 2.33 bits per heavy atom. The van der Waals surface area contributed by atoms with E-state index in [9.17, 15) is 4.79 Å².